The lowest BCUT2D eigenvalue weighted by Gasteiger charge is -2.16. The zero-order chi connectivity index (χ0) is 14.9. The van der Waals surface area contributed by atoms with Gasteiger partial charge in [0.1, 0.15) is 21.6 Å². The smallest absolute Gasteiger partial charge is 0.274 e. The summed E-state index contributed by atoms with van der Waals surface area (Å²) in [6.45, 7) is 0.0251. The zero-order valence-corrected chi connectivity index (χ0v) is 12.3. The van der Waals surface area contributed by atoms with Gasteiger partial charge < -0.3 is 9.47 Å². The van der Waals surface area contributed by atoms with Crippen molar-refractivity contribution in [2.24, 2.45) is 0 Å². The van der Waals surface area contributed by atoms with E-state index in [9.17, 15) is 9.59 Å². The van der Waals surface area contributed by atoms with E-state index in [1.807, 2.05) is 0 Å². The van der Waals surface area contributed by atoms with Gasteiger partial charge in [0.15, 0.2) is 0 Å². The number of carbonyl (C=O) groups excluding carboxylic acids is 2. The first-order chi connectivity index (χ1) is 9.49. The Kier molecular flexibility index (Phi) is 4.20. The van der Waals surface area contributed by atoms with Crippen LogP contribution in [0.3, 0.4) is 0 Å². The third kappa shape index (κ3) is 2.46. The van der Waals surface area contributed by atoms with Crippen molar-refractivity contribution in [3.05, 3.63) is 33.8 Å². The summed E-state index contributed by atoms with van der Waals surface area (Å²) in [5, 5.41) is -0.520. The fourth-order valence-electron chi connectivity index (χ4n) is 1.81. The van der Waals surface area contributed by atoms with Crippen LogP contribution in [0.5, 0.6) is 11.5 Å². The van der Waals surface area contributed by atoms with Gasteiger partial charge in [-0.3, -0.25) is 14.5 Å². The van der Waals surface area contributed by atoms with Crippen molar-refractivity contribution in [2.45, 2.75) is 6.54 Å². The lowest BCUT2D eigenvalue weighted by atomic mass is 10.1. The van der Waals surface area contributed by atoms with Gasteiger partial charge in [0.05, 0.1) is 20.8 Å². The van der Waals surface area contributed by atoms with Crippen molar-refractivity contribution in [3.63, 3.8) is 0 Å². The summed E-state index contributed by atoms with van der Waals surface area (Å²) in [6.07, 6.45) is 0. The summed E-state index contributed by atoms with van der Waals surface area (Å²) >= 11 is 11.3. The summed E-state index contributed by atoms with van der Waals surface area (Å²) in [4.78, 5) is 24.6. The molecule has 0 fully saturated rings. The number of amides is 2. The molecule has 0 N–H and O–H groups in total. The third-order valence-electron chi connectivity index (χ3n) is 2.88. The number of ether oxygens (including phenoxy) is 2. The molecule has 0 aliphatic carbocycles. The second kappa shape index (κ2) is 5.73. The molecule has 7 heteroatoms. The second-order valence-corrected chi connectivity index (χ2v) is 4.76. The van der Waals surface area contributed by atoms with Gasteiger partial charge >= 0.3 is 0 Å². The Morgan fingerprint density at radius 3 is 2.15 bits per heavy atom. The summed E-state index contributed by atoms with van der Waals surface area (Å²) < 4.78 is 10.3. The van der Waals surface area contributed by atoms with Crippen molar-refractivity contribution in [1.82, 2.24) is 4.90 Å². The molecule has 0 unspecified atom stereocenters. The van der Waals surface area contributed by atoms with Crippen molar-refractivity contribution in [2.75, 3.05) is 14.2 Å². The maximum absolute atomic E-state index is 11.8. The minimum Gasteiger partial charge on any atom is -0.497 e. The van der Waals surface area contributed by atoms with Crippen molar-refractivity contribution in [1.29, 1.82) is 0 Å². The zero-order valence-electron chi connectivity index (χ0n) is 10.8. The molecule has 2 amide bonds. The maximum Gasteiger partial charge on any atom is 0.274 e. The van der Waals surface area contributed by atoms with E-state index in [2.05, 4.69) is 0 Å². The van der Waals surface area contributed by atoms with E-state index in [0.29, 0.717) is 17.1 Å². The molecule has 0 atom stereocenters. The fraction of sp³-hybridized carbons (Fsp3) is 0.231. The van der Waals surface area contributed by atoms with Gasteiger partial charge in [-0.15, -0.1) is 0 Å². The minimum atomic E-state index is -0.612. The summed E-state index contributed by atoms with van der Waals surface area (Å²) in [7, 11) is 3.02. The van der Waals surface area contributed by atoms with Gasteiger partial charge in [-0.25, -0.2) is 0 Å². The highest BCUT2D eigenvalue weighted by Crippen LogP contribution is 2.31. The van der Waals surface area contributed by atoms with Gasteiger partial charge in [0.25, 0.3) is 11.8 Å². The van der Waals surface area contributed by atoms with E-state index in [1.165, 1.54) is 14.2 Å². The number of methoxy groups -OCH3 is 2. The number of imide groups is 1. The highest BCUT2D eigenvalue weighted by atomic mass is 35.5. The average Bonchev–Trinajstić information content (AvgIpc) is 2.65. The Bertz CT molecular complexity index is 588. The quantitative estimate of drug-likeness (QED) is 0.800. The molecule has 5 nitrogen and oxygen atoms in total. The standard InChI is InChI=1S/C13H11Cl2NO4/c1-19-8-4-3-7(9(5-8)20-2)6-16-12(17)10(14)11(15)13(16)18/h3-5H,6H2,1-2H3. The normalized spacial score (nSPS) is 15.1. The lowest BCUT2D eigenvalue weighted by Crippen LogP contribution is -2.30. The predicted octanol–water partition coefficient (Wildman–Crippen LogP) is 2.26. The van der Waals surface area contributed by atoms with Crippen LogP contribution in [-0.2, 0) is 16.1 Å². The highest BCUT2D eigenvalue weighted by Gasteiger charge is 2.36. The van der Waals surface area contributed by atoms with Crippen molar-refractivity contribution >= 4 is 35.0 Å². The van der Waals surface area contributed by atoms with Crippen LogP contribution in [0.1, 0.15) is 5.56 Å². The number of rotatable bonds is 4. The first kappa shape index (κ1) is 14.7. The number of benzene rings is 1. The van der Waals surface area contributed by atoms with Gasteiger partial charge in [-0.05, 0) is 12.1 Å². The van der Waals surface area contributed by atoms with E-state index in [4.69, 9.17) is 32.7 Å². The Hall–Kier alpha value is -1.72. The number of hydrogen-bond acceptors (Lipinski definition) is 4. The molecule has 1 aliphatic rings. The fourth-order valence-corrected chi connectivity index (χ4v) is 2.18. The molecule has 0 radical (unpaired) electrons. The van der Waals surface area contributed by atoms with E-state index in [0.717, 1.165) is 4.90 Å². The van der Waals surface area contributed by atoms with Crippen LogP contribution in [0.4, 0.5) is 0 Å². The molecule has 1 aromatic carbocycles. The monoisotopic (exact) mass is 315 g/mol. The number of hydrogen-bond donors (Lipinski definition) is 0. The Labute approximate surface area is 125 Å². The molecule has 1 aliphatic heterocycles. The Morgan fingerprint density at radius 2 is 1.65 bits per heavy atom. The van der Waals surface area contributed by atoms with Crippen LogP contribution < -0.4 is 9.47 Å². The first-order valence-electron chi connectivity index (χ1n) is 5.62. The van der Waals surface area contributed by atoms with Crippen LogP contribution in [0.2, 0.25) is 0 Å². The topological polar surface area (TPSA) is 55.8 Å². The molecular formula is C13H11Cl2NO4. The minimum absolute atomic E-state index is 0.0251. The highest BCUT2D eigenvalue weighted by molar-refractivity contribution is 6.58. The molecule has 0 aromatic heterocycles. The number of halogens is 2. The summed E-state index contributed by atoms with van der Waals surface area (Å²) in [6, 6.07) is 5.08. The van der Waals surface area contributed by atoms with Crippen molar-refractivity contribution < 1.29 is 19.1 Å². The molecule has 0 saturated carbocycles. The van der Waals surface area contributed by atoms with E-state index < -0.39 is 11.8 Å². The van der Waals surface area contributed by atoms with Gasteiger partial charge in [0.2, 0.25) is 0 Å². The summed E-state index contributed by atoms with van der Waals surface area (Å²) in [5.74, 6) is -0.109. The van der Waals surface area contributed by atoms with Gasteiger partial charge in [0, 0.05) is 11.6 Å². The molecule has 1 heterocycles. The third-order valence-corrected chi connectivity index (χ3v) is 3.68. The number of nitrogens with zero attached hydrogens (tertiary/aromatic N) is 1. The molecule has 0 spiro atoms. The SMILES string of the molecule is COc1ccc(CN2C(=O)C(Cl)=C(Cl)C2=O)c(OC)c1. The van der Waals surface area contributed by atoms with Crippen LogP contribution in [0.25, 0.3) is 0 Å². The molecule has 106 valence electrons. The van der Waals surface area contributed by atoms with E-state index in [1.54, 1.807) is 18.2 Å². The van der Waals surface area contributed by atoms with E-state index >= 15 is 0 Å². The number of carbonyl (C=O) groups is 2. The van der Waals surface area contributed by atoms with Crippen LogP contribution in [-0.4, -0.2) is 30.9 Å². The maximum atomic E-state index is 11.8. The predicted molar refractivity (Wildman–Crippen MR) is 73.8 cm³/mol. The molecule has 0 bridgehead atoms. The van der Waals surface area contributed by atoms with Crippen LogP contribution in [0, 0.1) is 0 Å². The average molecular weight is 316 g/mol. The Balaban J connectivity index is 2.28. The molecule has 20 heavy (non-hydrogen) atoms. The molecular weight excluding hydrogens is 305 g/mol. The van der Waals surface area contributed by atoms with Crippen LogP contribution in [0.15, 0.2) is 28.3 Å². The lowest BCUT2D eigenvalue weighted by molar-refractivity contribution is -0.137. The van der Waals surface area contributed by atoms with E-state index in [-0.39, 0.29) is 16.6 Å². The largest absolute Gasteiger partial charge is 0.497 e. The van der Waals surface area contributed by atoms with Crippen molar-refractivity contribution in [3.8, 4) is 11.5 Å². The second-order valence-electron chi connectivity index (χ2n) is 4.00. The molecule has 2 rings (SSSR count). The van der Waals surface area contributed by atoms with Gasteiger partial charge in [-0.2, -0.15) is 0 Å². The van der Waals surface area contributed by atoms with Gasteiger partial charge in [-0.1, -0.05) is 23.2 Å². The summed E-state index contributed by atoms with van der Waals surface area (Å²) in [5.41, 5.74) is 0.644. The van der Waals surface area contributed by atoms with Crippen LogP contribution >= 0.6 is 23.2 Å². The molecule has 0 saturated heterocycles. The first-order valence-corrected chi connectivity index (χ1v) is 6.37. The molecule has 1 aromatic rings. The Morgan fingerprint density at radius 1 is 1.05 bits per heavy atom.